The molecule has 0 saturated heterocycles. The highest BCUT2D eigenvalue weighted by molar-refractivity contribution is 5.30. The van der Waals surface area contributed by atoms with E-state index in [0.29, 0.717) is 0 Å². The minimum absolute atomic E-state index is 0.101. The maximum atomic E-state index is 10.1. The molecule has 0 amide bonds. The number of rotatable bonds is 2. The van der Waals surface area contributed by atoms with Gasteiger partial charge in [-0.05, 0) is 54.0 Å². The molecule has 3 heteroatoms. The first-order valence-electron chi connectivity index (χ1n) is 5.93. The van der Waals surface area contributed by atoms with Crippen molar-refractivity contribution in [2.75, 3.05) is 6.54 Å². The minimum atomic E-state index is -0.290. The summed E-state index contributed by atoms with van der Waals surface area (Å²) in [5.74, 6) is 0. The van der Waals surface area contributed by atoms with Gasteiger partial charge < -0.3 is 10.5 Å². The molecule has 3 nitrogen and oxygen atoms in total. The maximum absolute atomic E-state index is 10.1. The van der Waals surface area contributed by atoms with E-state index in [1.54, 1.807) is 0 Å². The Morgan fingerprint density at radius 1 is 1.25 bits per heavy atom. The van der Waals surface area contributed by atoms with Crippen LogP contribution in [-0.2, 0) is 0 Å². The first kappa shape index (κ1) is 13.7. The SMILES string of the molecule is CC(C)(C)NCC1=CC(C)(C)N(O)C1(C)C. The molecular formula is C13H26N2O. The first-order chi connectivity index (χ1) is 6.97. The van der Waals surface area contributed by atoms with Crippen molar-refractivity contribution in [2.45, 2.75) is 65.1 Å². The zero-order valence-corrected chi connectivity index (χ0v) is 11.7. The Bertz CT molecular complexity index is 298. The molecule has 94 valence electrons. The minimum Gasteiger partial charge on any atom is -0.312 e. The summed E-state index contributed by atoms with van der Waals surface area (Å²) in [6, 6.07) is 0. The highest BCUT2D eigenvalue weighted by Crippen LogP contribution is 2.37. The summed E-state index contributed by atoms with van der Waals surface area (Å²) in [5.41, 5.74) is 0.777. The molecule has 0 aromatic carbocycles. The predicted molar refractivity (Wildman–Crippen MR) is 67.6 cm³/mol. The molecule has 1 aliphatic rings. The van der Waals surface area contributed by atoms with Crippen LogP contribution in [0.5, 0.6) is 0 Å². The molecule has 0 saturated carbocycles. The molecule has 0 fully saturated rings. The van der Waals surface area contributed by atoms with Crippen LogP contribution < -0.4 is 5.32 Å². The normalized spacial score (nSPS) is 24.6. The van der Waals surface area contributed by atoms with E-state index in [2.05, 4.69) is 46.0 Å². The van der Waals surface area contributed by atoms with Gasteiger partial charge in [-0.3, -0.25) is 0 Å². The molecule has 0 aromatic rings. The predicted octanol–water partition coefficient (Wildman–Crippen LogP) is 2.56. The Morgan fingerprint density at radius 2 is 1.75 bits per heavy atom. The van der Waals surface area contributed by atoms with Gasteiger partial charge in [0, 0.05) is 12.1 Å². The van der Waals surface area contributed by atoms with Crippen LogP contribution in [0.2, 0.25) is 0 Å². The van der Waals surface area contributed by atoms with Gasteiger partial charge in [0.05, 0.1) is 11.1 Å². The van der Waals surface area contributed by atoms with Gasteiger partial charge in [0.1, 0.15) is 0 Å². The van der Waals surface area contributed by atoms with Crippen LogP contribution in [0.3, 0.4) is 0 Å². The molecule has 0 spiro atoms. The molecule has 0 aliphatic carbocycles. The largest absolute Gasteiger partial charge is 0.312 e. The van der Waals surface area contributed by atoms with Gasteiger partial charge in [-0.1, -0.05) is 6.08 Å². The van der Waals surface area contributed by atoms with Crippen molar-refractivity contribution in [1.82, 2.24) is 10.4 Å². The summed E-state index contributed by atoms with van der Waals surface area (Å²) in [7, 11) is 0. The van der Waals surface area contributed by atoms with Gasteiger partial charge in [-0.15, -0.1) is 0 Å². The Kier molecular flexibility index (Phi) is 3.27. The van der Waals surface area contributed by atoms with Gasteiger partial charge >= 0.3 is 0 Å². The second kappa shape index (κ2) is 3.83. The van der Waals surface area contributed by atoms with E-state index < -0.39 is 0 Å². The standard InChI is InChI=1S/C13H26N2O/c1-11(2,3)14-9-10-8-12(4,5)15(16)13(10,6)7/h8,14,16H,9H2,1-7H3. The van der Waals surface area contributed by atoms with Gasteiger partial charge in [-0.2, -0.15) is 5.06 Å². The Balaban J connectivity index is 2.81. The Hall–Kier alpha value is -0.380. The van der Waals surface area contributed by atoms with Crippen molar-refractivity contribution in [3.63, 3.8) is 0 Å². The number of hydroxylamine groups is 2. The summed E-state index contributed by atoms with van der Waals surface area (Å²) in [6.07, 6.45) is 2.16. The highest BCUT2D eigenvalue weighted by atomic mass is 16.5. The van der Waals surface area contributed by atoms with E-state index in [0.717, 1.165) is 6.54 Å². The van der Waals surface area contributed by atoms with Gasteiger partial charge in [0.25, 0.3) is 0 Å². The fraction of sp³-hybridized carbons (Fsp3) is 0.846. The van der Waals surface area contributed by atoms with E-state index in [1.165, 1.54) is 10.6 Å². The van der Waals surface area contributed by atoms with Gasteiger partial charge in [0.2, 0.25) is 0 Å². The number of nitrogens with one attached hydrogen (secondary N) is 1. The molecule has 1 rings (SSSR count). The van der Waals surface area contributed by atoms with E-state index >= 15 is 0 Å². The monoisotopic (exact) mass is 226 g/mol. The molecule has 0 aromatic heterocycles. The summed E-state index contributed by atoms with van der Waals surface area (Å²) in [4.78, 5) is 0. The molecule has 0 atom stereocenters. The molecular weight excluding hydrogens is 200 g/mol. The quantitative estimate of drug-likeness (QED) is 0.710. The summed E-state index contributed by atoms with van der Waals surface area (Å²) >= 11 is 0. The number of hydrogen-bond acceptors (Lipinski definition) is 3. The Morgan fingerprint density at radius 3 is 2.06 bits per heavy atom. The third-order valence-electron chi connectivity index (χ3n) is 3.20. The summed E-state index contributed by atoms with van der Waals surface area (Å²) in [5, 5.41) is 15.1. The molecule has 2 N–H and O–H groups in total. The third kappa shape index (κ3) is 2.65. The second-order valence-electron chi connectivity index (χ2n) is 6.80. The molecule has 1 heterocycles. The maximum Gasteiger partial charge on any atom is 0.0635 e. The fourth-order valence-electron chi connectivity index (χ4n) is 2.15. The van der Waals surface area contributed by atoms with E-state index in [9.17, 15) is 5.21 Å². The molecule has 0 radical (unpaired) electrons. The lowest BCUT2D eigenvalue weighted by atomic mass is 9.95. The van der Waals surface area contributed by atoms with Crippen LogP contribution in [0.25, 0.3) is 0 Å². The van der Waals surface area contributed by atoms with E-state index in [4.69, 9.17) is 0 Å². The Labute approximate surface area is 99.5 Å². The van der Waals surface area contributed by atoms with Crippen molar-refractivity contribution >= 4 is 0 Å². The van der Waals surface area contributed by atoms with E-state index in [1.807, 2.05) is 13.8 Å². The summed E-state index contributed by atoms with van der Waals surface area (Å²) < 4.78 is 0. The fourth-order valence-corrected chi connectivity index (χ4v) is 2.15. The lowest BCUT2D eigenvalue weighted by Gasteiger charge is -2.36. The molecule has 1 aliphatic heterocycles. The first-order valence-corrected chi connectivity index (χ1v) is 5.93. The summed E-state index contributed by atoms with van der Waals surface area (Å²) in [6.45, 7) is 15.4. The van der Waals surface area contributed by atoms with Crippen LogP contribution in [0.15, 0.2) is 11.6 Å². The zero-order valence-electron chi connectivity index (χ0n) is 11.7. The lowest BCUT2D eigenvalue weighted by Crippen LogP contribution is -2.49. The van der Waals surface area contributed by atoms with Crippen molar-refractivity contribution in [3.8, 4) is 0 Å². The van der Waals surface area contributed by atoms with Crippen molar-refractivity contribution in [2.24, 2.45) is 0 Å². The van der Waals surface area contributed by atoms with Crippen LogP contribution >= 0.6 is 0 Å². The van der Waals surface area contributed by atoms with Gasteiger partial charge in [0.15, 0.2) is 0 Å². The average molecular weight is 226 g/mol. The van der Waals surface area contributed by atoms with E-state index in [-0.39, 0.29) is 16.6 Å². The van der Waals surface area contributed by atoms with Crippen LogP contribution in [0.1, 0.15) is 48.5 Å². The molecule has 0 bridgehead atoms. The van der Waals surface area contributed by atoms with Crippen molar-refractivity contribution < 1.29 is 5.21 Å². The van der Waals surface area contributed by atoms with Crippen LogP contribution in [-0.4, -0.2) is 33.4 Å². The van der Waals surface area contributed by atoms with Crippen LogP contribution in [0.4, 0.5) is 0 Å². The molecule has 16 heavy (non-hydrogen) atoms. The van der Waals surface area contributed by atoms with Gasteiger partial charge in [-0.25, -0.2) is 0 Å². The highest BCUT2D eigenvalue weighted by Gasteiger charge is 2.44. The molecule has 0 unspecified atom stereocenters. The van der Waals surface area contributed by atoms with Crippen molar-refractivity contribution in [3.05, 3.63) is 11.6 Å². The smallest absolute Gasteiger partial charge is 0.0635 e. The number of nitrogens with zero attached hydrogens (tertiary/aromatic N) is 1. The van der Waals surface area contributed by atoms with Crippen LogP contribution in [0, 0.1) is 0 Å². The number of hydrogen-bond donors (Lipinski definition) is 2. The third-order valence-corrected chi connectivity index (χ3v) is 3.20. The zero-order chi connectivity index (χ0) is 12.8. The average Bonchev–Trinajstić information content (AvgIpc) is 2.22. The second-order valence-corrected chi connectivity index (χ2v) is 6.80. The lowest BCUT2D eigenvalue weighted by molar-refractivity contribution is -0.185. The topological polar surface area (TPSA) is 35.5 Å². The van der Waals surface area contributed by atoms with Crippen molar-refractivity contribution in [1.29, 1.82) is 0 Å².